The van der Waals surface area contributed by atoms with Crippen molar-refractivity contribution < 1.29 is 23.9 Å². The van der Waals surface area contributed by atoms with Gasteiger partial charge in [-0.25, -0.2) is 9.59 Å². The first-order chi connectivity index (χ1) is 5.11. The molecule has 0 aliphatic rings. The van der Waals surface area contributed by atoms with E-state index in [1.165, 1.54) is 7.11 Å². The van der Waals surface area contributed by atoms with Gasteiger partial charge >= 0.3 is 12.1 Å². The summed E-state index contributed by atoms with van der Waals surface area (Å²) in [5.41, 5.74) is 0. The van der Waals surface area contributed by atoms with Gasteiger partial charge in [0.25, 0.3) is 0 Å². The van der Waals surface area contributed by atoms with Gasteiger partial charge in [0.05, 0.1) is 7.11 Å². The van der Waals surface area contributed by atoms with Crippen molar-refractivity contribution in [3.63, 3.8) is 0 Å². The number of hydrogen-bond donors (Lipinski definition) is 1. The fraction of sp³-hybridized carbons (Fsp3) is 0.200. The molecule has 0 spiro atoms. The van der Waals surface area contributed by atoms with Gasteiger partial charge in [-0.1, -0.05) is 0 Å². The van der Waals surface area contributed by atoms with Crippen molar-refractivity contribution in [1.82, 2.24) is 0 Å². The summed E-state index contributed by atoms with van der Waals surface area (Å²) in [7, 11) is 1.21. The minimum atomic E-state index is -1.31. The lowest BCUT2D eigenvalue weighted by atomic mass is 10.6. The number of ether oxygens (including phenoxy) is 2. The number of esters is 1. The number of hydrogen-bond acceptors (Lipinski definition) is 6. The van der Waals surface area contributed by atoms with Crippen LogP contribution in [0, 0.1) is 0 Å². The first-order valence-electron chi connectivity index (χ1n) is 2.47. The van der Waals surface area contributed by atoms with Crippen LogP contribution in [0.5, 0.6) is 0 Å². The molecule has 0 saturated carbocycles. The zero-order chi connectivity index (χ0) is 8.85. The maximum Gasteiger partial charge on any atom is 0.535 e. The lowest BCUT2D eigenvalue weighted by molar-refractivity contribution is -0.138. The molecule has 0 bridgehead atoms. The molecule has 0 amide bonds. The van der Waals surface area contributed by atoms with E-state index in [1.54, 1.807) is 0 Å². The zero-order valence-corrected chi connectivity index (χ0v) is 5.83. The van der Waals surface area contributed by atoms with Gasteiger partial charge in [0, 0.05) is 0 Å². The summed E-state index contributed by atoms with van der Waals surface area (Å²) in [5.74, 6) is 3.02. The molecule has 0 saturated heterocycles. The number of methoxy groups -OCH3 is 1. The largest absolute Gasteiger partial charge is 0.535 e. The second-order valence-corrected chi connectivity index (χ2v) is 1.38. The summed E-state index contributed by atoms with van der Waals surface area (Å²) in [6, 6.07) is 0. The molecule has 11 heavy (non-hydrogen) atoms. The highest BCUT2D eigenvalue weighted by atomic mass is 16.8. The Kier molecular flexibility index (Phi) is 3.68. The lowest BCUT2D eigenvalue weighted by Gasteiger charge is -2.00. The highest BCUT2D eigenvalue weighted by Gasteiger charge is 2.14. The first-order valence-corrected chi connectivity index (χ1v) is 2.47. The van der Waals surface area contributed by atoms with Gasteiger partial charge in [-0.2, -0.15) is 5.90 Å². The average Bonchev–Trinajstić information content (AvgIpc) is 2.02. The van der Waals surface area contributed by atoms with E-state index < -0.39 is 12.1 Å². The second kappa shape index (κ2) is 4.29. The van der Waals surface area contributed by atoms with E-state index in [1.807, 2.05) is 0 Å². The minimum Gasteiger partial charge on any atom is -0.490 e. The van der Waals surface area contributed by atoms with Crippen molar-refractivity contribution >= 4 is 12.1 Å². The predicted molar refractivity (Wildman–Crippen MR) is 32.9 cm³/mol. The second-order valence-electron chi connectivity index (χ2n) is 1.38. The number of carbonyl (C=O) groups excluding carboxylic acids is 2. The van der Waals surface area contributed by atoms with E-state index in [-0.39, 0.29) is 5.76 Å². The Bertz CT molecular complexity index is 187. The van der Waals surface area contributed by atoms with Gasteiger partial charge < -0.3 is 14.3 Å². The normalized spacial score (nSPS) is 8.18. The van der Waals surface area contributed by atoms with Crippen molar-refractivity contribution in [3.05, 3.63) is 12.3 Å². The third kappa shape index (κ3) is 3.21. The summed E-state index contributed by atoms with van der Waals surface area (Å²) >= 11 is 0. The van der Waals surface area contributed by atoms with Crippen LogP contribution in [0.4, 0.5) is 4.79 Å². The molecule has 2 N–H and O–H groups in total. The summed E-state index contributed by atoms with van der Waals surface area (Å²) in [6.45, 7) is 3.12. The Morgan fingerprint density at radius 3 is 2.36 bits per heavy atom. The van der Waals surface area contributed by atoms with Crippen molar-refractivity contribution in [3.8, 4) is 0 Å². The molecule has 0 aromatic heterocycles. The number of carbonyl (C=O) groups is 2. The maximum atomic E-state index is 10.5. The molecule has 0 atom stereocenters. The fourth-order valence-corrected chi connectivity index (χ4v) is 0.240. The van der Waals surface area contributed by atoms with E-state index in [4.69, 9.17) is 0 Å². The van der Waals surface area contributed by atoms with Crippen LogP contribution in [0.15, 0.2) is 12.3 Å². The monoisotopic (exact) mass is 161 g/mol. The molecular formula is C5H7NO5. The van der Waals surface area contributed by atoms with Crippen LogP contribution in [0.2, 0.25) is 0 Å². The maximum absolute atomic E-state index is 10.5. The molecule has 6 nitrogen and oxygen atoms in total. The molecule has 6 heteroatoms. The smallest absolute Gasteiger partial charge is 0.490 e. The van der Waals surface area contributed by atoms with Crippen LogP contribution in [0.3, 0.4) is 0 Å². The standard InChI is InChI=1S/C5H7NO5/c1-3(9-2)4(7)10-5(8)11-6/h1,6H2,2H3. The molecule has 62 valence electrons. The average molecular weight is 161 g/mol. The molecular weight excluding hydrogens is 154 g/mol. The molecule has 0 aromatic carbocycles. The minimum absolute atomic E-state index is 0.310. The van der Waals surface area contributed by atoms with Crippen LogP contribution >= 0.6 is 0 Å². The summed E-state index contributed by atoms with van der Waals surface area (Å²) < 4.78 is 8.24. The zero-order valence-electron chi connectivity index (χ0n) is 5.83. The van der Waals surface area contributed by atoms with Gasteiger partial charge in [-0.15, -0.1) is 0 Å². The molecule has 0 heterocycles. The predicted octanol–water partition coefficient (Wildman–Crippen LogP) is -0.300. The van der Waals surface area contributed by atoms with Gasteiger partial charge in [0.2, 0.25) is 0 Å². The van der Waals surface area contributed by atoms with Gasteiger partial charge in [0.1, 0.15) is 0 Å². The van der Waals surface area contributed by atoms with Crippen molar-refractivity contribution in [1.29, 1.82) is 0 Å². The van der Waals surface area contributed by atoms with E-state index in [0.717, 1.165) is 0 Å². The third-order valence-electron chi connectivity index (χ3n) is 0.746. The van der Waals surface area contributed by atoms with E-state index >= 15 is 0 Å². The molecule has 0 radical (unpaired) electrons. The Balaban J connectivity index is 3.88. The number of nitrogens with two attached hydrogens (primary N) is 1. The fourth-order valence-electron chi connectivity index (χ4n) is 0.240. The Labute approximate surface area is 62.5 Å². The highest BCUT2D eigenvalue weighted by molar-refractivity contribution is 5.92. The van der Waals surface area contributed by atoms with E-state index in [0.29, 0.717) is 0 Å². The molecule has 0 aromatic rings. The Morgan fingerprint density at radius 1 is 1.45 bits per heavy atom. The first kappa shape index (κ1) is 9.44. The molecule has 0 aliphatic carbocycles. The van der Waals surface area contributed by atoms with Crippen LogP contribution in [0.1, 0.15) is 0 Å². The molecule has 0 aliphatic heterocycles. The SMILES string of the molecule is C=C(OC)C(=O)OC(=O)ON. The van der Waals surface area contributed by atoms with Gasteiger partial charge in [0.15, 0.2) is 5.76 Å². The Hall–Kier alpha value is -1.56. The summed E-state index contributed by atoms with van der Waals surface area (Å²) in [5, 5.41) is 0. The number of rotatable bonds is 2. The molecule has 0 fully saturated rings. The molecule has 0 rings (SSSR count). The third-order valence-corrected chi connectivity index (χ3v) is 0.746. The van der Waals surface area contributed by atoms with Crippen LogP contribution in [0.25, 0.3) is 0 Å². The quantitative estimate of drug-likeness (QED) is 0.196. The van der Waals surface area contributed by atoms with Crippen molar-refractivity contribution in [2.24, 2.45) is 5.90 Å². The van der Waals surface area contributed by atoms with Gasteiger partial charge in [-0.05, 0) is 6.58 Å². The van der Waals surface area contributed by atoms with Gasteiger partial charge in [-0.3, -0.25) is 0 Å². The highest BCUT2D eigenvalue weighted by Crippen LogP contribution is 1.95. The topological polar surface area (TPSA) is 87.8 Å². The van der Waals surface area contributed by atoms with Crippen LogP contribution < -0.4 is 5.90 Å². The van der Waals surface area contributed by atoms with Crippen LogP contribution in [-0.4, -0.2) is 19.2 Å². The van der Waals surface area contributed by atoms with Crippen LogP contribution in [-0.2, 0) is 19.1 Å². The lowest BCUT2D eigenvalue weighted by Crippen LogP contribution is -2.18. The van der Waals surface area contributed by atoms with E-state index in [2.05, 4.69) is 26.8 Å². The summed E-state index contributed by atoms with van der Waals surface area (Å²) in [6.07, 6.45) is -1.31. The van der Waals surface area contributed by atoms with Crippen molar-refractivity contribution in [2.45, 2.75) is 0 Å². The Morgan fingerprint density at radius 2 is 2.00 bits per heavy atom. The summed E-state index contributed by atoms with van der Waals surface area (Å²) in [4.78, 5) is 24.2. The van der Waals surface area contributed by atoms with E-state index in [9.17, 15) is 9.59 Å². The van der Waals surface area contributed by atoms with Crippen molar-refractivity contribution in [2.75, 3.05) is 7.11 Å². The molecule has 0 unspecified atom stereocenters.